The Kier molecular flexibility index (Phi) is 5.80. The third-order valence-corrected chi connectivity index (χ3v) is 4.30. The first-order valence-electron chi connectivity index (χ1n) is 7.73. The van der Waals surface area contributed by atoms with Gasteiger partial charge in [-0.3, -0.25) is 9.69 Å². The molecule has 21 heavy (non-hydrogen) atoms. The fourth-order valence-electron chi connectivity index (χ4n) is 2.90. The van der Waals surface area contributed by atoms with Crippen LogP contribution in [0, 0.1) is 5.92 Å². The van der Waals surface area contributed by atoms with E-state index in [1.807, 2.05) is 19.1 Å². The van der Waals surface area contributed by atoms with Crippen molar-refractivity contribution in [2.24, 2.45) is 5.92 Å². The molecule has 0 saturated carbocycles. The summed E-state index contributed by atoms with van der Waals surface area (Å²) in [5.74, 6) is 0.858. The molecule has 1 unspecified atom stereocenters. The second kappa shape index (κ2) is 7.39. The minimum absolute atomic E-state index is 0.0790. The maximum atomic E-state index is 12.5. The minimum Gasteiger partial charge on any atom is -0.301 e. The third kappa shape index (κ3) is 4.53. The van der Waals surface area contributed by atoms with Gasteiger partial charge in [0.1, 0.15) is 0 Å². The molecule has 116 valence electrons. The Morgan fingerprint density at radius 2 is 1.86 bits per heavy atom. The molecule has 3 nitrogen and oxygen atoms in total. The highest BCUT2D eigenvalue weighted by molar-refractivity contribution is 6.31. The summed E-state index contributed by atoms with van der Waals surface area (Å²) < 4.78 is 0. The summed E-state index contributed by atoms with van der Waals surface area (Å²) in [7, 11) is 0. The first kappa shape index (κ1) is 16.5. The molecular weight excluding hydrogens is 284 g/mol. The third-order valence-electron chi connectivity index (χ3n) is 4.07. The first-order valence-corrected chi connectivity index (χ1v) is 8.11. The molecule has 1 aromatic carbocycles. The lowest BCUT2D eigenvalue weighted by Gasteiger charge is -2.38. The van der Waals surface area contributed by atoms with Crippen LogP contribution in [0.1, 0.15) is 31.1 Å². The van der Waals surface area contributed by atoms with Gasteiger partial charge in [0.15, 0.2) is 5.78 Å². The predicted molar refractivity (Wildman–Crippen MR) is 88.1 cm³/mol. The highest BCUT2D eigenvalue weighted by Gasteiger charge is 2.26. The molecule has 0 radical (unpaired) electrons. The van der Waals surface area contributed by atoms with Gasteiger partial charge in [0.2, 0.25) is 0 Å². The average molecular weight is 309 g/mol. The number of halogens is 1. The Balaban J connectivity index is 1.92. The molecule has 4 heteroatoms. The van der Waals surface area contributed by atoms with E-state index >= 15 is 0 Å². The fourth-order valence-corrected chi connectivity index (χ4v) is 3.09. The van der Waals surface area contributed by atoms with Crippen molar-refractivity contribution in [2.75, 3.05) is 32.7 Å². The Hall–Kier alpha value is -0.900. The van der Waals surface area contributed by atoms with E-state index in [4.69, 9.17) is 11.6 Å². The van der Waals surface area contributed by atoms with E-state index in [9.17, 15) is 4.79 Å². The predicted octanol–water partition coefficient (Wildman–Crippen LogP) is 3.18. The lowest BCUT2D eigenvalue weighted by Crippen LogP contribution is -2.52. The molecule has 0 aromatic heterocycles. The Morgan fingerprint density at radius 1 is 1.19 bits per heavy atom. The molecule has 0 bridgehead atoms. The van der Waals surface area contributed by atoms with Crippen LogP contribution in [0.5, 0.6) is 0 Å². The number of nitrogens with zero attached hydrogens (tertiary/aromatic N) is 2. The number of hydrogen-bond donors (Lipinski definition) is 0. The Bertz CT molecular complexity index is 481. The molecule has 1 aromatic rings. The van der Waals surface area contributed by atoms with Crippen molar-refractivity contribution in [3.8, 4) is 0 Å². The summed E-state index contributed by atoms with van der Waals surface area (Å²) in [5.41, 5.74) is 0.708. The molecule has 0 aliphatic carbocycles. The number of ketones is 1. The summed E-state index contributed by atoms with van der Waals surface area (Å²) in [5, 5.41) is 0.620. The average Bonchev–Trinajstić information content (AvgIpc) is 2.46. The van der Waals surface area contributed by atoms with Gasteiger partial charge in [0.25, 0.3) is 0 Å². The van der Waals surface area contributed by atoms with Crippen LogP contribution in [0.4, 0.5) is 0 Å². The second-order valence-electron chi connectivity index (χ2n) is 6.28. The molecule has 1 aliphatic rings. The number of benzene rings is 1. The Labute approximate surface area is 132 Å². The van der Waals surface area contributed by atoms with E-state index < -0.39 is 0 Å². The van der Waals surface area contributed by atoms with E-state index in [1.54, 1.807) is 12.1 Å². The summed E-state index contributed by atoms with van der Waals surface area (Å²) in [4.78, 5) is 17.3. The zero-order valence-electron chi connectivity index (χ0n) is 13.2. The van der Waals surface area contributed by atoms with E-state index in [-0.39, 0.29) is 11.8 Å². The maximum Gasteiger partial charge on any atom is 0.179 e. The molecule has 1 aliphatic heterocycles. The lowest BCUT2D eigenvalue weighted by atomic mass is 10.0. The van der Waals surface area contributed by atoms with Gasteiger partial charge in [0, 0.05) is 43.3 Å². The zero-order chi connectivity index (χ0) is 15.4. The molecule has 1 fully saturated rings. The van der Waals surface area contributed by atoms with Crippen molar-refractivity contribution in [1.29, 1.82) is 0 Å². The van der Waals surface area contributed by atoms with Crippen molar-refractivity contribution in [2.45, 2.75) is 26.8 Å². The van der Waals surface area contributed by atoms with Crippen LogP contribution >= 0.6 is 11.6 Å². The molecule has 2 rings (SSSR count). The minimum atomic E-state index is -0.0790. The van der Waals surface area contributed by atoms with Gasteiger partial charge in [-0.2, -0.15) is 0 Å². The summed E-state index contributed by atoms with van der Waals surface area (Å²) >= 11 is 5.97. The van der Waals surface area contributed by atoms with Crippen LogP contribution in [0.25, 0.3) is 0 Å². The number of Topliss-reactive ketones (excluding diaryl/α,β-unsaturated/α-hetero) is 1. The summed E-state index contributed by atoms with van der Waals surface area (Å²) in [6.07, 6.45) is 0. The van der Waals surface area contributed by atoms with Gasteiger partial charge in [0.05, 0.1) is 6.04 Å². The molecule has 0 N–H and O–H groups in total. The Morgan fingerprint density at radius 3 is 2.43 bits per heavy atom. The summed E-state index contributed by atoms with van der Waals surface area (Å²) in [6.45, 7) is 11.7. The molecule has 1 atom stereocenters. The second-order valence-corrected chi connectivity index (χ2v) is 6.72. The SMILES string of the molecule is CC(C)CN1CCN(C(C)C(=O)c2cccc(Cl)c2)CC1. The number of carbonyl (C=O) groups is 1. The zero-order valence-corrected chi connectivity index (χ0v) is 13.9. The van der Waals surface area contributed by atoms with Crippen LogP contribution in [-0.2, 0) is 0 Å². The maximum absolute atomic E-state index is 12.5. The first-order chi connectivity index (χ1) is 9.97. The van der Waals surface area contributed by atoms with E-state index in [2.05, 4.69) is 23.6 Å². The van der Waals surface area contributed by atoms with Gasteiger partial charge in [-0.1, -0.05) is 37.6 Å². The number of carbonyl (C=O) groups excluding carboxylic acids is 1. The van der Waals surface area contributed by atoms with Crippen molar-refractivity contribution in [3.05, 3.63) is 34.9 Å². The molecule has 0 amide bonds. The van der Waals surface area contributed by atoms with Gasteiger partial charge < -0.3 is 4.90 Å². The fraction of sp³-hybridized carbons (Fsp3) is 0.588. The highest BCUT2D eigenvalue weighted by atomic mass is 35.5. The van der Waals surface area contributed by atoms with E-state index in [1.165, 1.54) is 0 Å². The van der Waals surface area contributed by atoms with Crippen molar-refractivity contribution < 1.29 is 4.79 Å². The van der Waals surface area contributed by atoms with Crippen molar-refractivity contribution in [3.63, 3.8) is 0 Å². The van der Waals surface area contributed by atoms with E-state index in [0.717, 1.165) is 32.7 Å². The van der Waals surface area contributed by atoms with Crippen molar-refractivity contribution >= 4 is 17.4 Å². The smallest absolute Gasteiger partial charge is 0.179 e. The van der Waals surface area contributed by atoms with E-state index in [0.29, 0.717) is 16.5 Å². The molecule has 0 spiro atoms. The van der Waals surface area contributed by atoms with Gasteiger partial charge in [-0.05, 0) is 25.0 Å². The topological polar surface area (TPSA) is 23.6 Å². The quantitative estimate of drug-likeness (QED) is 0.781. The summed E-state index contributed by atoms with van der Waals surface area (Å²) in [6, 6.07) is 7.16. The highest BCUT2D eigenvalue weighted by Crippen LogP contribution is 2.16. The number of piperazine rings is 1. The molecular formula is C17H25ClN2O. The molecule has 1 heterocycles. The number of rotatable bonds is 5. The lowest BCUT2D eigenvalue weighted by molar-refractivity contribution is 0.0679. The van der Waals surface area contributed by atoms with Gasteiger partial charge in [-0.15, -0.1) is 0 Å². The monoisotopic (exact) mass is 308 g/mol. The normalized spacial score (nSPS) is 18.9. The van der Waals surface area contributed by atoms with Crippen LogP contribution in [0.3, 0.4) is 0 Å². The molecule has 1 saturated heterocycles. The van der Waals surface area contributed by atoms with Crippen LogP contribution in [-0.4, -0.2) is 54.3 Å². The number of hydrogen-bond acceptors (Lipinski definition) is 3. The standard InChI is InChI=1S/C17H25ClN2O/c1-13(2)12-19-7-9-20(10-8-19)14(3)17(21)15-5-4-6-16(18)11-15/h4-6,11,13-14H,7-10,12H2,1-3H3. The van der Waals surface area contributed by atoms with Crippen LogP contribution in [0.2, 0.25) is 5.02 Å². The van der Waals surface area contributed by atoms with Crippen molar-refractivity contribution in [1.82, 2.24) is 9.80 Å². The van der Waals surface area contributed by atoms with Gasteiger partial charge >= 0.3 is 0 Å². The van der Waals surface area contributed by atoms with Gasteiger partial charge in [-0.25, -0.2) is 0 Å². The van der Waals surface area contributed by atoms with Crippen LogP contribution in [0.15, 0.2) is 24.3 Å². The largest absolute Gasteiger partial charge is 0.301 e. The van der Waals surface area contributed by atoms with Crippen LogP contribution < -0.4 is 0 Å².